The van der Waals surface area contributed by atoms with Crippen molar-refractivity contribution < 1.29 is 14.2 Å². The van der Waals surface area contributed by atoms with Crippen LogP contribution in [0.25, 0.3) is 0 Å². The summed E-state index contributed by atoms with van der Waals surface area (Å²) in [6, 6.07) is 6.51. The molecule has 0 aromatic heterocycles. The molecule has 2 N–H and O–H groups in total. The van der Waals surface area contributed by atoms with Crippen molar-refractivity contribution in [3.8, 4) is 0 Å². The Labute approximate surface area is 121 Å². The van der Waals surface area contributed by atoms with Crippen LogP contribution in [-0.4, -0.2) is 30.9 Å². The molecule has 0 aliphatic carbocycles. The van der Waals surface area contributed by atoms with Gasteiger partial charge < -0.3 is 15.2 Å². The minimum atomic E-state index is -0.555. The summed E-state index contributed by atoms with van der Waals surface area (Å²) < 4.78 is 18.6. The summed E-state index contributed by atoms with van der Waals surface area (Å²) in [7, 11) is 0. The quantitative estimate of drug-likeness (QED) is 0.649. The lowest BCUT2D eigenvalue weighted by atomic mass is 10.1. The van der Waals surface area contributed by atoms with E-state index >= 15 is 0 Å². The predicted molar refractivity (Wildman–Crippen MR) is 79.0 cm³/mol. The van der Waals surface area contributed by atoms with Crippen molar-refractivity contribution in [1.29, 1.82) is 0 Å². The molecule has 0 fully saturated rings. The Morgan fingerprint density at radius 1 is 1.30 bits per heavy atom. The van der Waals surface area contributed by atoms with Gasteiger partial charge in [-0.3, -0.25) is 0 Å². The van der Waals surface area contributed by atoms with E-state index in [2.05, 4.69) is 19.2 Å². The number of ether oxygens (including phenoxy) is 1. The van der Waals surface area contributed by atoms with E-state index in [0.717, 1.165) is 13.0 Å². The molecule has 1 unspecified atom stereocenters. The number of aliphatic hydroxyl groups is 1. The molecule has 0 saturated heterocycles. The summed E-state index contributed by atoms with van der Waals surface area (Å²) in [4.78, 5) is 0. The molecule has 0 radical (unpaired) electrons. The molecule has 3 nitrogen and oxygen atoms in total. The molecule has 0 amide bonds. The second-order valence-corrected chi connectivity index (χ2v) is 5.50. The first-order valence-corrected chi connectivity index (χ1v) is 7.29. The largest absolute Gasteiger partial charge is 0.389 e. The van der Waals surface area contributed by atoms with Crippen LogP contribution >= 0.6 is 0 Å². The van der Waals surface area contributed by atoms with Crippen molar-refractivity contribution in [3.05, 3.63) is 35.6 Å². The molecule has 1 aromatic carbocycles. The smallest absolute Gasteiger partial charge is 0.128 e. The highest BCUT2D eigenvalue weighted by atomic mass is 19.1. The molecule has 1 aromatic rings. The third-order valence-electron chi connectivity index (χ3n) is 3.04. The Bertz CT molecular complexity index is 371. The molecule has 0 heterocycles. The molecule has 0 aliphatic heterocycles. The van der Waals surface area contributed by atoms with Gasteiger partial charge >= 0.3 is 0 Å². The Morgan fingerprint density at radius 2 is 2.05 bits per heavy atom. The Morgan fingerprint density at radius 3 is 2.75 bits per heavy atom. The van der Waals surface area contributed by atoms with Crippen LogP contribution < -0.4 is 5.32 Å². The lowest BCUT2D eigenvalue weighted by molar-refractivity contribution is 0.0279. The van der Waals surface area contributed by atoms with Crippen molar-refractivity contribution in [2.24, 2.45) is 5.92 Å². The van der Waals surface area contributed by atoms with Gasteiger partial charge in [0.05, 0.1) is 19.3 Å². The summed E-state index contributed by atoms with van der Waals surface area (Å²) in [6.45, 7) is 6.22. The minimum absolute atomic E-state index is 0.192. The van der Waals surface area contributed by atoms with Gasteiger partial charge in [0.2, 0.25) is 0 Å². The van der Waals surface area contributed by atoms with E-state index < -0.39 is 6.10 Å². The highest BCUT2D eigenvalue weighted by molar-refractivity contribution is 5.16. The fourth-order valence-electron chi connectivity index (χ4n) is 1.88. The van der Waals surface area contributed by atoms with Gasteiger partial charge in [0, 0.05) is 12.1 Å². The van der Waals surface area contributed by atoms with Crippen LogP contribution in [0.15, 0.2) is 24.3 Å². The van der Waals surface area contributed by atoms with E-state index in [1.807, 2.05) is 0 Å². The Hall–Kier alpha value is -0.970. The molecular formula is C16H26FNO2. The molecule has 4 heteroatoms. The number of halogens is 1. The van der Waals surface area contributed by atoms with Crippen molar-refractivity contribution in [2.45, 2.75) is 39.4 Å². The van der Waals surface area contributed by atoms with Crippen LogP contribution in [0.4, 0.5) is 4.39 Å². The molecule has 0 spiro atoms. The third-order valence-corrected chi connectivity index (χ3v) is 3.04. The van der Waals surface area contributed by atoms with E-state index in [4.69, 9.17) is 4.74 Å². The summed E-state index contributed by atoms with van der Waals surface area (Å²) in [5.74, 6) is 0.444. The standard InChI is InChI=1S/C16H26FNO2/c1-13(2)6-5-9-18-10-15(19)12-20-11-14-7-3-4-8-16(14)17/h3-4,7-8,13,15,18-19H,5-6,9-12H2,1-2H3. The second kappa shape index (κ2) is 9.86. The van der Waals surface area contributed by atoms with Crippen LogP contribution in [0.1, 0.15) is 32.3 Å². The van der Waals surface area contributed by atoms with Gasteiger partial charge in [-0.05, 0) is 31.4 Å². The van der Waals surface area contributed by atoms with Crippen molar-refractivity contribution >= 4 is 0 Å². The van der Waals surface area contributed by atoms with Crippen LogP contribution in [0.3, 0.4) is 0 Å². The highest BCUT2D eigenvalue weighted by Crippen LogP contribution is 2.07. The van der Waals surface area contributed by atoms with Crippen LogP contribution in [0, 0.1) is 11.7 Å². The molecule has 1 atom stereocenters. The average Bonchev–Trinajstić information content (AvgIpc) is 2.40. The van der Waals surface area contributed by atoms with Gasteiger partial charge in [-0.25, -0.2) is 4.39 Å². The van der Waals surface area contributed by atoms with Crippen molar-refractivity contribution in [2.75, 3.05) is 19.7 Å². The van der Waals surface area contributed by atoms with Gasteiger partial charge in [0.1, 0.15) is 5.82 Å². The molecule has 0 bridgehead atoms. The maximum absolute atomic E-state index is 13.3. The number of benzene rings is 1. The molecule has 0 saturated carbocycles. The number of hydrogen-bond acceptors (Lipinski definition) is 3. The minimum Gasteiger partial charge on any atom is -0.389 e. The number of aliphatic hydroxyl groups excluding tert-OH is 1. The molecule has 1 rings (SSSR count). The van der Waals surface area contributed by atoms with E-state index in [1.54, 1.807) is 18.2 Å². The Kier molecular flexibility index (Phi) is 8.42. The van der Waals surface area contributed by atoms with Gasteiger partial charge in [-0.15, -0.1) is 0 Å². The van der Waals surface area contributed by atoms with E-state index in [0.29, 0.717) is 18.0 Å². The SMILES string of the molecule is CC(C)CCCNCC(O)COCc1ccccc1F. The van der Waals surface area contributed by atoms with Gasteiger partial charge in [0.15, 0.2) is 0 Å². The lowest BCUT2D eigenvalue weighted by Crippen LogP contribution is -2.31. The van der Waals surface area contributed by atoms with Crippen LogP contribution in [-0.2, 0) is 11.3 Å². The van der Waals surface area contributed by atoms with Gasteiger partial charge in [0.25, 0.3) is 0 Å². The average molecular weight is 283 g/mol. The van der Waals surface area contributed by atoms with Gasteiger partial charge in [-0.1, -0.05) is 32.0 Å². The van der Waals surface area contributed by atoms with E-state index in [9.17, 15) is 9.50 Å². The third kappa shape index (κ3) is 7.58. The fourth-order valence-corrected chi connectivity index (χ4v) is 1.88. The first-order chi connectivity index (χ1) is 9.59. The van der Waals surface area contributed by atoms with Crippen molar-refractivity contribution in [1.82, 2.24) is 5.32 Å². The zero-order chi connectivity index (χ0) is 14.8. The maximum atomic E-state index is 13.3. The molecular weight excluding hydrogens is 257 g/mol. The maximum Gasteiger partial charge on any atom is 0.128 e. The van der Waals surface area contributed by atoms with Crippen LogP contribution in [0.2, 0.25) is 0 Å². The molecule has 20 heavy (non-hydrogen) atoms. The van der Waals surface area contributed by atoms with Crippen molar-refractivity contribution in [3.63, 3.8) is 0 Å². The molecule has 0 aliphatic rings. The monoisotopic (exact) mass is 283 g/mol. The Balaban J connectivity index is 2.05. The summed E-state index contributed by atoms with van der Waals surface area (Å²) in [5, 5.41) is 12.9. The normalized spacial score (nSPS) is 12.8. The summed E-state index contributed by atoms with van der Waals surface area (Å²) >= 11 is 0. The lowest BCUT2D eigenvalue weighted by Gasteiger charge is -2.13. The highest BCUT2D eigenvalue weighted by Gasteiger charge is 2.05. The first-order valence-electron chi connectivity index (χ1n) is 7.29. The van der Waals surface area contributed by atoms with Gasteiger partial charge in [-0.2, -0.15) is 0 Å². The van der Waals surface area contributed by atoms with E-state index in [1.165, 1.54) is 12.5 Å². The fraction of sp³-hybridized carbons (Fsp3) is 0.625. The number of hydrogen-bond donors (Lipinski definition) is 2. The topological polar surface area (TPSA) is 41.5 Å². The van der Waals surface area contributed by atoms with Crippen LogP contribution in [0.5, 0.6) is 0 Å². The van der Waals surface area contributed by atoms with E-state index in [-0.39, 0.29) is 19.0 Å². The first kappa shape index (κ1) is 17.1. The number of rotatable bonds is 10. The zero-order valence-corrected chi connectivity index (χ0v) is 12.4. The second-order valence-electron chi connectivity index (χ2n) is 5.50. The summed E-state index contributed by atoms with van der Waals surface area (Å²) in [5.41, 5.74) is 0.518. The zero-order valence-electron chi connectivity index (χ0n) is 12.4. The summed E-state index contributed by atoms with van der Waals surface area (Å²) in [6.07, 6.45) is 1.74. The molecule has 114 valence electrons. The number of nitrogens with one attached hydrogen (secondary N) is 1. The predicted octanol–water partition coefficient (Wildman–Crippen LogP) is 2.73.